The summed E-state index contributed by atoms with van der Waals surface area (Å²) in [7, 11) is 3.95. The van der Waals surface area contributed by atoms with Gasteiger partial charge in [0.25, 0.3) is 0 Å². The zero-order valence-electron chi connectivity index (χ0n) is 30.9. The van der Waals surface area contributed by atoms with E-state index in [4.69, 9.17) is 31.5 Å². The lowest BCUT2D eigenvalue weighted by Crippen LogP contribution is -2.43. The molecule has 2 amide bonds. The maximum Gasteiger partial charge on any atom is 0.320 e. The molecule has 1 saturated heterocycles. The molecular formula is C39H50ClN9O3. The summed E-state index contributed by atoms with van der Waals surface area (Å²) in [5.41, 5.74) is 3.43. The number of fused-ring (bicyclic) bond motifs is 2. The Bertz CT molecular complexity index is 1940. The topological polar surface area (TPSA) is 132 Å². The van der Waals surface area contributed by atoms with Gasteiger partial charge in [0.15, 0.2) is 5.65 Å². The molecule has 0 spiro atoms. The van der Waals surface area contributed by atoms with Crippen LogP contribution in [0, 0.1) is 10.8 Å². The van der Waals surface area contributed by atoms with E-state index < -0.39 is 11.4 Å². The number of urea groups is 1. The number of likely N-dealkylation sites (N-methyl/N-ethyl adjacent to an activating group) is 1. The van der Waals surface area contributed by atoms with Crippen LogP contribution in [0.1, 0.15) is 83.1 Å². The third-order valence-corrected chi connectivity index (χ3v) is 9.98. The van der Waals surface area contributed by atoms with Gasteiger partial charge in [-0.25, -0.2) is 9.79 Å². The number of pyridine rings is 1. The number of carbonyl (C=O) groups excluding carboxylic acids is 1. The van der Waals surface area contributed by atoms with Gasteiger partial charge in [0.2, 0.25) is 5.95 Å². The number of nitrogens with one attached hydrogen (secondary N) is 3. The molecule has 2 aromatic heterocycles. The Kier molecular flexibility index (Phi) is 11.4. The van der Waals surface area contributed by atoms with Crippen LogP contribution in [-0.4, -0.2) is 76.9 Å². The number of amides is 2. The van der Waals surface area contributed by atoms with Crippen LogP contribution >= 0.6 is 11.6 Å². The van der Waals surface area contributed by atoms with E-state index in [9.17, 15) is 4.79 Å². The smallest absolute Gasteiger partial charge is 0.320 e. The molecule has 4 aromatic rings. The van der Waals surface area contributed by atoms with Crippen molar-refractivity contribution in [3.8, 4) is 11.5 Å². The quantitative estimate of drug-likeness (QED) is 0.106. The van der Waals surface area contributed by atoms with Gasteiger partial charge in [-0.3, -0.25) is 9.72 Å². The van der Waals surface area contributed by atoms with Crippen LogP contribution in [0.2, 0.25) is 5.02 Å². The second-order valence-electron chi connectivity index (χ2n) is 15.0. The van der Waals surface area contributed by atoms with Gasteiger partial charge in [0, 0.05) is 37.3 Å². The molecule has 0 saturated carbocycles. The van der Waals surface area contributed by atoms with Crippen molar-refractivity contribution in [2.75, 3.05) is 38.7 Å². The van der Waals surface area contributed by atoms with Crippen LogP contribution in [0.5, 0.6) is 11.5 Å². The number of aliphatic imine (C=N–C) groups is 1. The number of aromatic nitrogens is 3. The Morgan fingerprint density at radius 2 is 1.87 bits per heavy atom. The Morgan fingerprint density at radius 3 is 2.60 bits per heavy atom. The molecule has 1 aliphatic carbocycles. The van der Waals surface area contributed by atoms with Crippen LogP contribution < -0.4 is 25.0 Å². The number of ether oxygens (including phenoxy) is 2. The molecule has 2 aliphatic rings. The van der Waals surface area contributed by atoms with Crippen molar-refractivity contribution in [1.82, 2.24) is 30.1 Å². The normalized spacial score (nSPS) is 19.1. The lowest BCUT2D eigenvalue weighted by atomic mass is 9.85. The van der Waals surface area contributed by atoms with E-state index in [1.54, 1.807) is 18.2 Å². The number of nitrogens with zero attached hydrogens (tertiary/aromatic N) is 6. The van der Waals surface area contributed by atoms with E-state index >= 15 is 0 Å². The molecule has 0 bridgehead atoms. The Balaban J connectivity index is 1.17. The number of rotatable bonds is 11. The minimum Gasteiger partial charge on any atom is -0.491 e. The van der Waals surface area contributed by atoms with E-state index in [-0.39, 0.29) is 18.6 Å². The molecule has 1 fully saturated rings. The lowest BCUT2D eigenvalue weighted by molar-refractivity contribution is 0.171. The largest absolute Gasteiger partial charge is 0.491 e. The maximum atomic E-state index is 13.6. The van der Waals surface area contributed by atoms with Crippen molar-refractivity contribution in [3.63, 3.8) is 0 Å². The monoisotopic (exact) mass is 727 g/mol. The number of benzene rings is 2. The second kappa shape index (κ2) is 15.9. The van der Waals surface area contributed by atoms with Crippen molar-refractivity contribution in [3.05, 3.63) is 76.9 Å². The van der Waals surface area contributed by atoms with Gasteiger partial charge in [-0.05, 0) is 87.5 Å². The average molecular weight is 728 g/mol. The zero-order valence-corrected chi connectivity index (χ0v) is 31.7. The molecule has 6 rings (SSSR count). The van der Waals surface area contributed by atoms with Gasteiger partial charge >= 0.3 is 6.03 Å². The van der Waals surface area contributed by atoms with Crippen molar-refractivity contribution >= 4 is 46.5 Å². The van der Waals surface area contributed by atoms with Gasteiger partial charge < -0.3 is 30.0 Å². The molecule has 13 heteroatoms. The predicted octanol–water partition coefficient (Wildman–Crippen LogP) is 7.75. The maximum absolute atomic E-state index is 13.6. The minimum absolute atomic E-state index is 0.169. The summed E-state index contributed by atoms with van der Waals surface area (Å²) in [6, 6.07) is 17.0. The number of anilines is 1. The number of hydrogen-bond acceptors (Lipinski definition) is 9. The lowest BCUT2D eigenvalue weighted by Gasteiger charge is -2.32. The summed E-state index contributed by atoms with van der Waals surface area (Å²) in [4.78, 5) is 22.7. The van der Waals surface area contributed by atoms with Crippen molar-refractivity contribution in [1.29, 1.82) is 5.41 Å². The predicted molar refractivity (Wildman–Crippen MR) is 207 cm³/mol. The second-order valence-corrected chi connectivity index (χ2v) is 15.4. The van der Waals surface area contributed by atoms with Gasteiger partial charge in [-0.15, -0.1) is 10.2 Å². The summed E-state index contributed by atoms with van der Waals surface area (Å²) < 4.78 is 14.6. The van der Waals surface area contributed by atoms with Crippen LogP contribution in [0.3, 0.4) is 0 Å². The minimum atomic E-state index is -0.399. The highest BCUT2D eigenvalue weighted by atomic mass is 35.5. The average Bonchev–Trinajstić information content (AvgIpc) is 3.71. The zero-order chi connectivity index (χ0) is 37.0. The van der Waals surface area contributed by atoms with E-state index in [1.165, 1.54) is 0 Å². The molecule has 0 radical (unpaired) electrons. The first-order valence-electron chi connectivity index (χ1n) is 18.0. The molecule has 276 valence electrons. The van der Waals surface area contributed by atoms with Crippen molar-refractivity contribution in [2.24, 2.45) is 10.4 Å². The van der Waals surface area contributed by atoms with Gasteiger partial charge in [0.05, 0.1) is 22.9 Å². The number of hydrogen-bond donors (Lipinski definition) is 3. The highest BCUT2D eigenvalue weighted by Crippen LogP contribution is 2.39. The highest BCUT2D eigenvalue weighted by Gasteiger charge is 2.31. The molecule has 3 heterocycles. The molecule has 12 nitrogen and oxygen atoms in total. The van der Waals surface area contributed by atoms with E-state index in [0.717, 1.165) is 54.4 Å². The van der Waals surface area contributed by atoms with Crippen LogP contribution in [0.25, 0.3) is 5.65 Å². The molecule has 3 N–H and O–H groups in total. The highest BCUT2D eigenvalue weighted by molar-refractivity contribution is 6.32. The molecule has 2 aromatic carbocycles. The fourth-order valence-electron chi connectivity index (χ4n) is 6.58. The summed E-state index contributed by atoms with van der Waals surface area (Å²) >= 11 is 6.42. The van der Waals surface area contributed by atoms with Crippen LogP contribution in [-0.2, 0) is 0 Å². The fourth-order valence-corrected chi connectivity index (χ4v) is 6.75. The molecular weight excluding hydrogens is 678 g/mol. The first-order chi connectivity index (χ1) is 24.9. The summed E-state index contributed by atoms with van der Waals surface area (Å²) in [6.45, 7) is 10.3. The molecule has 3 atom stereocenters. The van der Waals surface area contributed by atoms with E-state index in [2.05, 4.69) is 38.7 Å². The number of carbonyl (C=O) groups is 1. The van der Waals surface area contributed by atoms with Crippen molar-refractivity contribution < 1.29 is 14.3 Å². The Morgan fingerprint density at radius 1 is 1.08 bits per heavy atom. The summed E-state index contributed by atoms with van der Waals surface area (Å²) in [6.07, 6.45) is 5.62. The standard InChI is InChI=1S/C39H50ClN9O3/c1-25-10-9-19-48(25)38-46-45-36-18-14-27(24-49(36)38)52-32-17-16-31(28-11-7-8-12-29(28)32)43-37(50)44-35(23-34(41)39(2,3)4)42-26-13-15-30(40)33(22-26)51-21-20-47(5)6/h7-8,11-15,18,22,24-25,31-32,41H,9-10,16-17,19-21,23H2,1-6H3,(H2,42,43,44,50). The fraction of sp³-hybridized carbons (Fsp3) is 0.462. The van der Waals surface area contributed by atoms with E-state index in [1.807, 2.05) is 80.7 Å². The number of halogens is 1. The first kappa shape index (κ1) is 37.1. The Hall–Kier alpha value is -4.68. The summed E-state index contributed by atoms with van der Waals surface area (Å²) in [5, 5.41) is 24.2. The van der Waals surface area contributed by atoms with Crippen molar-refractivity contribution in [2.45, 2.75) is 78.0 Å². The number of amidine groups is 1. The van der Waals surface area contributed by atoms with Crippen LogP contribution in [0.4, 0.5) is 16.4 Å². The van der Waals surface area contributed by atoms with Crippen LogP contribution in [0.15, 0.2) is 65.8 Å². The third kappa shape index (κ3) is 8.85. The Labute approximate surface area is 311 Å². The van der Waals surface area contributed by atoms with Gasteiger partial charge in [0.1, 0.15) is 30.0 Å². The summed E-state index contributed by atoms with van der Waals surface area (Å²) in [5.74, 6) is 2.45. The third-order valence-electron chi connectivity index (χ3n) is 9.67. The molecule has 52 heavy (non-hydrogen) atoms. The van der Waals surface area contributed by atoms with E-state index in [0.29, 0.717) is 53.5 Å². The SMILES string of the molecule is CC1CCCN1c1nnc2ccc(OC3CCC(NC(=O)NC(CC(=N)C(C)(C)C)=Nc4ccc(Cl)c(OCCN(C)C)c4)c4ccccc43)cn12. The molecule has 3 unspecified atom stereocenters. The van der Waals surface area contributed by atoms with Gasteiger partial charge in [-0.1, -0.05) is 56.6 Å². The van der Waals surface area contributed by atoms with Gasteiger partial charge in [-0.2, -0.15) is 0 Å². The first-order valence-corrected chi connectivity index (χ1v) is 18.4. The molecule has 1 aliphatic heterocycles.